The average Bonchev–Trinajstić information content (AvgIpc) is 2.92. The van der Waals surface area contributed by atoms with Crippen LogP contribution in [0.25, 0.3) is 11.1 Å². The second-order valence-electron chi connectivity index (χ2n) is 7.94. The van der Waals surface area contributed by atoms with Crippen molar-refractivity contribution in [3.8, 4) is 16.9 Å². The Morgan fingerprint density at radius 1 is 0.611 bits per heavy atom. The molecule has 0 aliphatic carbocycles. The summed E-state index contributed by atoms with van der Waals surface area (Å²) in [4.78, 5) is 49.4. The number of Topliss-reactive ketones (excluding diaryl/α,β-unsaturated/α-hetero) is 1. The van der Waals surface area contributed by atoms with Crippen LogP contribution in [0.5, 0.6) is 5.75 Å². The van der Waals surface area contributed by atoms with E-state index in [-0.39, 0.29) is 16.9 Å². The Morgan fingerprint density at radius 2 is 1.17 bits per heavy atom. The Kier molecular flexibility index (Phi) is 7.46. The summed E-state index contributed by atoms with van der Waals surface area (Å²) in [7, 11) is 0. The highest BCUT2D eigenvalue weighted by atomic mass is 16.5. The van der Waals surface area contributed by atoms with Crippen LogP contribution < -0.4 is 4.74 Å². The highest BCUT2D eigenvalue weighted by molar-refractivity contribution is 6.14. The molecule has 0 heterocycles. The summed E-state index contributed by atoms with van der Waals surface area (Å²) in [5.74, 6) is -1.69. The van der Waals surface area contributed by atoms with E-state index in [4.69, 9.17) is 9.47 Å². The predicted octanol–water partition coefficient (Wildman–Crippen LogP) is 5.55. The van der Waals surface area contributed by atoms with E-state index in [1.54, 1.807) is 30.3 Å². The first kappa shape index (κ1) is 24.3. The van der Waals surface area contributed by atoms with Crippen molar-refractivity contribution in [3.63, 3.8) is 0 Å². The van der Waals surface area contributed by atoms with Crippen molar-refractivity contribution in [2.75, 3.05) is 6.61 Å². The van der Waals surface area contributed by atoms with Gasteiger partial charge in [-0.1, -0.05) is 72.8 Å². The number of rotatable bonds is 8. The summed E-state index contributed by atoms with van der Waals surface area (Å²) in [5, 5.41) is 0. The lowest BCUT2D eigenvalue weighted by Gasteiger charge is -2.10. The molecule has 0 radical (unpaired) electrons. The summed E-state index contributed by atoms with van der Waals surface area (Å²) < 4.78 is 10.2. The van der Waals surface area contributed by atoms with E-state index < -0.39 is 24.3 Å². The Morgan fingerprint density at radius 3 is 1.81 bits per heavy atom. The fraction of sp³-hybridized carbons (Fsp3) is 0.0667. The molecule has 0 bridgehead atoms. The van der Waals surface area contributed by atoms with Gasteiger partial charge in [0.1, 0.15) is 5.75 Å². The van der Waals surface area contributed by atoms with E-state index in [1.165, 1.54) is 37.3 Å². The SMILES string of the molecule is CC(=O)Oc1ccc(C(=O)COC(=O)c2ccccc2C(=O)c2ccc(-c3ccccc3)cc2)cc1. The fourth-order valence-electron chi connectivity index (χ4n) is 3.63. The molecule has 0 fully saturated rings. The summed E-state index contributed by atoms with van der Waals surface area (Å²) >= 11 is 0. The lowest BCUT2D eigenvalue weighted by Crippen LogP contribution is -2.17. The molecule has 0 aliphatic rings. The van der Waals surface area contributed by atoms with Crippen LogP contribution in [-0.4, -0.2) is 30.1 Å². The standard InChI is InChI=1S/C30H22O6/c1-20(31)36-25-17-15-23(16-18-25)28(32)19-35-30(34)27-10-6-5-9-26(27)29(33)24-13-11-22(12-14-24)21-7-3-2-4-8-21/h2-18H,19H2,1H3. The van der Waals surface area contributed by atoms with Crippen molar-refractivity contribution in [1.82, 2.24) is 0 Å². The van der Waals surface area contributed by atoms with Crippen LogP contribution in [0, 0.1) is 0 Å². The third-order valence-electron chi connectivity index (χ3n) is 5.42. The average molecular weight is 479 g/mol. The zero-order chi connectivity index (χ0) is 25.5. The quantitative estimate of drug-likeness (QED) is 0.187. The zero-order valence-corrected chi connectivity index (χ0v) is 19.5. The minimum absolute atomic E-state index is 0.0765. The lowest BCUT2D eigenvalue weighted by molar-refractivity contribution is -0.131. The molecule has 36 heavy (non-hydrogen) atoms. The van der Waals surface area contributed by atoms with Crippen LogP contribution in [0.15, 0.2) is 103 Å². The third-order valence-corrected chi connectivity index (χ3v) is 5.42. The highest BCUT2D eigenvalue weighted by Crippen LogP contribution is 2.22. The summed E-state index contributed by atoms with van der Waals surface area (Å²) in [6, 6.07) is 29.2. The van der Waals surface area contributed by atoms with Crippen molar-refractivity contribution < 1.29 is 28.7 Å². The first-order valence-corrected chi connectivity index (χ1v) is 11.2. The molecule has 6 nitrogen and oxygen atoms in total. The lowest BCUT2D eigenvalue weighted by atomic mass is 9.96. The number of ether oxygens (including phenoxy) is 2. The van der Waals surface area contributed by atoms with E-state index in [1.807, 2.05) is 42.5 Å². The van der Waals surface area contributed by atoms with Gasteiger partial charge in [-0.25, -0.2) is 4.79 Å². The van der Waals surface area contributed by atoms with Gasteiger partial charge in [-0.3, -0.25) is 14.4 Å². The molecule has 0 aliphatic heterocycles. The molecule has 4 aromatic carbocycles. The molecule has 0 spiro atoms. The van der Waals surface area contributed by atoms with Gasteiger partial charge in [-0.05, 0) is 41.5 Å². The molecule has 0 N–H and O–H groups in total. The van der Waals surface area contributed by atoms with Crippen LogP contribution >= 0.6 is 0 Å². The maximum atomic E-state index is 13.2. The molecule has 4 aromatic rings. The summed E-state index contributed by atoms with van der Waals surface area (Å²) in [5.41, 5.74) is 2.99. The van der Waals surface area contributed by atoms with Crippen LogP contribution in [0.2, 0.25) is 0 Å². The molecule has 0 aromatic heterocycles. The van der Waals surface area contributed by atoms with E-state index >= 15 is 0 Å². The molecular formula is C30H22O6. The zero-order valence-electron chi connectivity index (χ0n) is 19.5. The van der Waals surface area contributed by atoms with Crippen LogP contribution in [0.4, 0.5) is 0 Å². The second kappa shape index (κ2) is 11.1. The minimum atomic E-state index is -0.773. The topological polar surface area (TPSA) is 86.7 Å². The van der Waals surface area contributed by atoms with Gasteiger partial charge in [0.05, 0.1) is 5.56 Å². The number of hydrogen-bond acceptors (Lipinski definition) is 6. The van der Waals surface area contributed by atoms with Gasteiger partial charge in [0.15, 0.2) is 18.2 Å². The van der Waals surface area contributed by atoms with Gasteiger partial charge >= 0.3 is 11.9 Å². The molecule has 0 unspecified atom stereocenters. The second-order valence-corrected chi connectivity index (χ2v) is 7.94. The van der Waals surface area contributed by atoms with Crippen molar-refractivity contribution in [2.24, 2.45) is 0 Å². The van der Waals surface area contributed by atoms with Gasteiger partial charge in [0.25, 0.3) is 0 Å². The molecule has 0 saturated carbocycles. The molecular weight excluding hydrogens is 456 g/mol. The van der Waals surface area contributed by atoms with E-state index in [0.717, 1.165) is 11.1 Å². The fourth-order valence-corrected chi connectivity index (χ4v) is 3.63. The Bertz CT molecular complexity index is 1400. The van der Waals surface area contributed by atoms with Gasteiger partial charge in [-0.2, -0.15) is 0 Å². The number of ketones is 2. The van der Waals surface area contributed by atoms with Crippen LogP contribution in [0.3, 0.4) is 0 Å². The van der Waals surface area contributed by atoms with Gasteiger partial charge in [-0.15, -0.1) is 0 Å². The number of carbonyl (C=O) groups is 4. The van der Waals surface area contributed by atoms with Crippen molar-refractivity contribution >= 4 is 23.5 Å². The van der Waals surface area contributed by atoms with E-state index in [9.17, 15) is 19.2 Å². The first-order valence-electron chi connectivity index (χ1n) is 11.2. The third kappa shape index (κ3) is 5.80. The van der Waals surface area contributed by atoms with Crippen molar-refractivity contribution in [3.05, 3.63) is 125 Å². The molecule has 0 amide bonds. The summed E-state index contributed by atoms with van der Waals surface area (Å²) in [6.45, 7) is 0.779. The Labute approximate surface area is 208 Å². The Balaban J connectivity index is 1.45. The Hall–Kier alpha value is -4.84. The van der Waals surface area contributed by atoms with E-state index in [0.29, 0.717) is 16.9 Å². The van der Waals surface area contributed by atoms with Crippen LogP contribution in [-0.2, 0) is 9.53 Å². The van der Waals surface area contributed by atoms with Crippen molar-refractivity contribution in [2.45, 2.75) is 6.92 Å². The maximum Gasteiger partial charge on any atom is 0.339 e. The first-order chi connectivity index (χ1) is 17.4. The molecule has 0 atom stereocenters. The largest absolute Gasteiger partial charge is 0.454 e. The molecule has 6 heteroatoms. The maximum absolute atomic E-state index is 13.2. The predicted molar refractivity (Wildman–Crippen MR) is 134 cm³/mol. The highest BCUT2D eigenvalue weighted by Gasteiger charge is 2.20. The normalized spacial score (nSPS) is 10.4. The smallest absolute Gasteiger partial charge is 0.339 e. The number of esters is 2. The summed E-state index contributed by atoms with van der Waals surface area (Å²) in [6.07, 6.45) is 0. The molecule has 178 valence electrons. The molecule has 0 saturated heterocycles. The molecule has 4 rings (SSSR count). The number of hydrogen-bond donors (Lipinski definition) is 0. The van der Waals surface area contributed by atoms with Gasteiger partial charge in [0.2, 0.25) is 0 Å². The van der Waals surface area contributed by atoms with Gasteiger partial charge < -0.3 is 9.47 Å². The van der Waals surface area contributed by atoms with E-state index in [2.05, 4.69) is 0 Å². The minimum Gasteiger partial charge on any atom is -0.454 e. The van der Waals surface area contributed by atoms with Crippen molar-refractivity contribution in [1.29, 1.82) is 0 Å². The van der Waals surface area contributed by atoms with Crippen LogP contribution in [0.1, 0.15) is 43.6 Å². The monoisotopic (exact) mass is 478 g/mol. The number of benzene rings is 4. The number of carbonyl (C=O) groups excluding carboxylic acids is 4. The van der Waals surface area contributed by atoms with Gasteiger partial charge in [0, 0.05) is 23.6 Å².